The Bertz CT molecular complexity index is 1050. The second kappa shape index (κ2) is 8.67. The van der Waals surface area contributed by atoms with Crippen molar-refractivity contribution in [1.29, 1.82) is 0 Å². The number of aryl methyl sites for hydroxylation is 1. The highest BCUT2D eigenvalue weighted by Crippen LogP contribution is 2.34. The van der Waals surface area contributed by atoms with Crippen LogP contribution in [0.4, 0.5) is 5.69 Å². The summed E-state index contributed by atoms with van der Waals surface area (Å²) in [7, 11) is 1.64. The number of halogens is 2. The molecule has 0 radical (unpaired) electrons. The summed E-state index contributed by atoms with van der Waals surface area (Å²) >= 11 is 17.6. The Balaban J connectivity index is 2.04. The Morgan fingerprint density at radius 2 is 1.97 bits per heavy atom. The molecule has 0 unspecified atom stereocenters. The molecule has 1 aromatic carbocycles. The number of anilines is 1. The molecule has 9 heteroatoms. The van der Waals surface area contributed by atoms with Crippen LogP contribution in [-0.4, -0.2) is 35.2 Å². The van der Waals surface area contributed by atoms with Crippen LogP contribution in [0.2, 0.25) is 10.0 Å². The highest BCUT2D eigenvalue weighted by atomic mass is 35.5. The number of hydrogen-bond donors (Lipinski definition) is 1. The van der Waals surface area contributed by atoms with Gasteiger partial charge in [0.15, 0.2) is 5.11 Å². The monoisotopic (exact) mass is 451 g/mol. The number of rotatable bonds is 5. The van der Waals surface area contributed by atoms with E-state index in [0.29, 0.717) is 18.8 Å². The minimum absolute atomic E-state index is 0.0402. The molecule has 2 aromatic rings. The van der Waals surface area contributed by atoms with Gasteiger partial charge in [0.25, 0.3) is 11.8 Å². The summed E-state index contributed by atoms with van der Waals surface area (Å²) in [4.78, 5) is 26.9. The van der Waals surface area contributed by atoms with Gasteiger partial charge in [-0.15, -0.1) is 0 Å². The zero-order valence-corrected chi connectivity index (χ0v) is 18.4. The molecule has 2 amide bonds. The number of amides is 2. The molecule has 0 atom stereocenters. The van der Waals surface area contributed by atoms with E-state index in [9.17, 15) is 9.59 Å². The highest BCUT2D eigenvalue weighted by Gasteiger charge is 2.36. The van der Waals surface area contributed by atoms with Crippen LogP contribution in [0.3, 0.4) is 0 Å². The predicted octanol–water partition coefficient (Wildman–Crippen LogP) is 3.89. The van der Waals surface area contributed by atoms with Gasteiger partial charge < -0.3 is 9.30 Å². The van der Waals surface area contributed by atoms with Gasteiger partial charge in [-0.1, -0.05) is 29.3 Å². The smallest absolute Gasteiger partial charge is 0.270 e. The maximum absolute atomic E-state index is 13.2. The van der Waals surface area contributed by atoms with Gasteiger partial charge in [0, 0.05) is 25.0 Å². The molecule has 2 heterocycles. The first kappa shape index (κ1) is 21.5. The van der Waals surface area contributed by atoms with E-state index >= 15 is 0 Å². The normalized spacial score (nSPS) is 16.0. The van der Waals surface area contributed by atoms with Gasteiger partial charge >= 0.3 is 0 Å². The maximum atomic E-state index is 13.2. The topological polar surface area (TPSA) is 63.6 Å². The number of nitrogens with one attached hydrogen (secondary N) is 1. The van der Waals surface area contributed by atoms with Crippen LogP contribution in [0.25, 0.3) is 6.08 Å². The lowest BCUT2D eigenvalue weighted by molar-refractivity contribution is -0.122. The fourth-order valence-electron chi connectivity index (χ4n) is 3.20. The van der Waals surface area contributed by atoms with E-state index in [1.165, 1.54) is 4.90 Å². The quantitative estimate of drug-likeness (QED) is 0.425. The fourth-order valence-corrected chi connectivity index (χ4v) is 3.85. The van der Waals surface area contributed by atoms with E-state index in [0.717, 1.165) is 17.0 Å². The SMILES string of the molecule is COCCn1c(C)cc(/C=C2\C(=O)NC(=S)N(c3cccc(Cl)c3Cl)C2=O)c1C. The molecular weight excluding hydrogens is 433 g/mol. The minimum Gasteiger partial charge on any atom is -0.383 e. The molecule has 0 spiro atoms. The third kappa shape index (κ3) is 4.09. The molecule has 0 bridgehead atoms. The summed E-state index contributed by atoms with van der Waals surface area (Å²) in [6.45, 7) is 5.12. The lowest BCUT2D eigenvalue weighted by atomic mass is 10.1. The van der Waals surface area contributed by atoms with E-state index in [1.54, 1.807) is 31.4 Å². The molecule has 1 aliphatic rings. The number of hydrogen-bond acceptors (Lipinski definition) is 4. The van der Waals surface area contributed by atoms with Gasteiger partial charge in [-0.05, 0) is 55.9 Å². The lowest BCUT2D eigenvalue weighted by Crippen LogP contribution is -2.54. The molecule has 29 heavy (non-hydrogen) atoms. The molecular formula is C20H19Cl2N3O3S. The second-order valence-electron chi connectivity index (χ2n) is 6.50. The van der Waals surface area contributed by atoms with Crippen LogP contribution in [0, 0.1) is 13.8 Å². The number of aromatic nitrogens is 1. The Morgan fingerprint density at radius 3 is 2.66 bits per heavy atom. The van der Waals surface area contributed by atoms with E-state index < -0.39 is 11.8 Å². The molecule has 152 valence electrons. The van der Waals surface area contributed by atoms with Crippen molar-refractivity contribution in [1.82, 2.24) is 9.88 Å². The van der Waals surface area contributed by atoms with Gasteiger partial charge in [0.2, 0.25) is 0 Å². The number of benzene rings is 1. The van der Waals surface area contributed by atoms with Crippen LogP contribution in [0.1, 0.15) is 17.0 Å². The van der Waals surface area contributed by atoms with Gasteiger partial charge in [-0.3, -0.25) is 19.8 Å². The molecule has 0 saturated carbocycles. The molecule has 6 nitrogen and oxygen atoms in total. The summed E-state index contributed by atoms with van der Waals surface area (Å²) in [5.74, 6) is -1.12. The molecule has 0 aliphatic carbocycles. The standard InChI is InChI=1S/C20H19Cl2N3O3S/c1-11-9-13(12(2)24(11)7-8-28-3)10-14-18(26)23-20(29)25(19(14)27)16-6-4-5-15(21)17(16)22/h4-6,9-10H,7-8H2,1-3H3,(H,23,26,29)/b14-10+. The van der Waals surface area contributed by atoms with Crippen LogP contribution in [-0.2, 0) is 20.9 Å². The third-order valence-corrected chi connectivity index (χ3v) is 5.80. The fraction of sp³-hybridized carbons (Fsp3) is 0.250. The average molecular weight is 452 g/mol. The number of thiocarbonyl (C=S) groups is 1. The first-order chi connectivity index (χ1) is 13.8. The zero-order chi connectivity index (χ0) is 21.3. The Morgan fingerprint density at radius 1 is 1.24 bits per heavy atom. The molecule has 3 rings (SSSR count). The van der Waals surface area contributed by atoms with Gasteiger partial charge in [-0.2, -0.15) is 0 Å². The van der Waals surface area contributed by atoms with Crippen LogP contribution in [0.15, 0.2) is 29.8 Å². The number of methoxy groups -OCH3 is 1. The lowest BCUT2D eigenvalue weighted by Gasteiger charge is -2.29. The Labute approximate surface area is 184 Å². The Hall–Kier alpha value is -2.19. The van der Waals surface area contributed by atoms with Crippen molar-refractivity contribution in [2.75, 3.05) is 18.6 Å². The largest absolute Gasteiger partial charge is 0.383 e. The van der Waals surface area contributed by atoms with Crippen molar-refractivity contribution in [3.05, 3.63) is 56.8 Å². The molecule has 1 aliphatic heterocycles. The molecule has 1 aromatic heterocycles. The van der Waals surface area contributed by atoms with Crippen molar-refractivity contribution in [2.45, 2.75) is 20.4 Å². The summed E-state index contributed by atoms with van der Waals surface area (Å²) in [6.07, 6.45) is 1.57. The maximum Gasteiger partial charge on any atom is 0.270 e. The second-order valence-corrected chi connectivity index (χ2v) is 7.67. The van der Waals surface area contributed by atoms with Crippen molar-refractivity contribution >= 4 is 64.1 Å². The highest BCUT2D eigenvalue weighted by molar-refractivity contribution is 7.80. The Kier molecular flexibility index (Phi) is 6.43. The predicted molar refractivity (Wildman–Crippen MR) is 118 cm³/mol. The number of carbonyl (C=O) groups excluding carboxylic acids is 2. The first-order valence-corrected chi connectivity index (χ1v) is 9.93. The van der Waals surface area contributed by atoms with E-state index in [1.807, 2.05) is 19.9 Å². The minimum atomic E-state index is -0.565. The van der Waals surface area contributed by atoms with E-state index in [2.05, 4.69) is 9.88 Å². The van der Waals surface area contributed by atoms with Crippen LogP contribution < -0.4 is 10.2 Å². The van der Waals surface area contributed by atoms with Gasteiger partial charge in [0.05, 0.1) is 22.3 Å². The van der Waals surface area contributed by atoms with E-state index in [-0.39, 0.29) is 20.7 Å². The number of carbonyl (C=O) groups is 2. The first-order valence-electron chi connectivity index (χ1n) is 8.77. The average Bonchev–Trinajstić information content (AvgIpc) is 2.93. The van der Waals surface area contributed by atoms with Crippen molar-refractivity contribution in [2.24, 2.45) is 0 Å². The van der Waals surface area contributed by atoms with Crippen LogP contribution >= 0.6 is 35.4 Å². The molecule has 1 N–H and O–H groups in total. The van der Waals surface area contributed by atoms with Crippen molar-refractivity contribution in [3.63, 3.8) is 0 Å². The van der Waals surface area contributed by atoms with Gasteiger partial charge in [0.1, 0.15) is 5.57 Å². The third-order valence-electron chi connectivity index (χ3n) is 4.71. The van der Waals surface area contributed by atoms with Gasteiger partial charge in [-0.25, -0.2) is 0 Å². The van der Waals surface area contributed by atoms with E-state index in [4.69, 9.17) is 40.2 Å². The summed E-state index contributed by atoms with van der Waals surface area (Å²) < 4.78 is 7.21. The van der Waals surface area contributed by atoms with Crippen LogP contribution in [0.5, 0.6) is 0 Å². The molecule has 1 fully saturated rings. The number of nitrogens with zero attached hydrogens (tertiary/aromatic N) is 2. The number of ether oxygens (including phenoxy) is 1. The van der Waals surface area contributed by atoms with Crippen molar-refractivity contribution < 1.29 is 14.3 Å². The summed E-state index contributed by atoms with van der Waals surface area (Å²) in [5.41, 5.74) is 2.96. The summed E-state index contributed by atoms with van der Waals surface area (Å²) in [6, 6.07) is 6.80. The zero-order valence-electron chi connectivity index (χ0n) is 16.1. The summed E-state index contributed by atoms with van der Waals surface area (Å²) in [5, 5.41) is 2.96. The molecule has 1 saturated heterocycles. The van der Waals surface area contributed by atoms with Crippen molar-refractivity contribution in [3.8, 4) is 0 Å².